The highest BCUT2D eigenvalue weighted by atomic mass is 15.3. The third kappa shape index (κ3) is 1.80. The summed E-state index contributed by atoms with van der Waals surface area (Å²) in [5.41, 5.74) is 9.51. The number of anilines is 1. The first-order valence-corrected chi connectivity index (χ1v) is 5.86. The van der Waals surface area contributed by atoms with Gasteiger partial charge in [-0.1, -0.05) is 29.8 Å². The average Bonchev–Trinajstić information content (AvgIpc) is 2.71. The first kappa shape index (κ1) is 10.4. The first-order chi connectivity index (χ1) is 8.24. The van der Waals surface area contributed by atoms with E-state index in [1.807, 2.05) is 10.9 Å². The number of nitrogens with zero attached hydrogens (tertiary/aromatic N) is 2. The SMILES string of the molecule is Cc1cccc(-c2cnn3c2NCC(N)C3)c1. The van der Waals surface area contributed by atoms with Gasteiger partial charge in [-0.2, -0.15) is 5.10 Å². The Morgan fingerprint density at radius 2 is 2.35 bits per heavy atom. The molecular weight excluding hydrogens is 212 g/mol. The normalized spacial score (nSPS) is 18.6. The summed E-state index contributed by atoms with van der Waals surface area (Å²) >= 11 is 0. The number of aryl methyl sites for hydroxylation is 1. The number of nitrogens with one attached hydrogen (secondary N) is 1. The van der Waals surface area contributed by atoms with E-state index in [0.717, 1.165) is 24.5 Å². The number of aromatic nitrogens is 2. The lowest BCUT2D eigenvalue weighted by atomic mass is 10.1. The van der Waals surface area contributed by atoms with Crippen molar-refractivity contribution < 1.29 is 0 Å². The zero-order valence-electron chi connectivity index (χ0n) is 9.85. The molecule has 3 rings (SSSR count). The second-order valence-electron chi connectivity index (χ2n) is 4.60. The Hall–Kier alpha value is -1.81. The summed E-state index contributed by atoms with van der Waals surface area (Å²) in [4.78, 5) is 0. The molecule has 3 N–H and O–H groups in total. The van der Waals surface area contributed by atoms with Crippen molar-refractivity contribution in [2.24, 2.45) is 5.73 Å². The first-order valence-electron chi connectivity index (χ1n) is 5.86. The number of benzene rings is 1. The van der Waals surface area contributed by atoms with Crippen LogP contribution in [0.5, 0.6) is 0 Å². The number of hydrogen-bond acceptors (Lipinski definition) is 3. The van der Waals surface area contributed by atoms with E-state index in [0.29, 0.717) is 0 Å². The molecule has 88 valence electrons. The van der Waals surface area contributed by atoms with Crippen molar-refractivity contribution in [1.29, 1.82) is 0 Å². The van der Waals surface area contributed by atoms with Gasteiger partial charge in [0.2, 0.25) is 0 Å². The van der Waals surface area contributed by atoms with Crippen molar-refractivity contribution in [3.8, 4) is 11.1 Å². The zero-order valence-corrected chi connectivity index (χ0v) is 9.85. The summed E-state index contributed by atoms with van der Waals surface area (Å²) in [6, 6.07) is 8.61. The highest BCUT2D eigenvalue weighted by Crippen LogP contribution is 2.29. The molecule has 1 unspecified atom stereocenters. The van der Waals surface area contributed by atoms with E-state index in [2.05, 4.69) is 41.6 Å². The number of nitrogens with two attached hydrogens (primary N) is 1. The minimum atomic E-state index is 0.146. The maximum atomic E-state index is 5.90. The molecule has 0 amide bonds. The molecule has 0 radical (unpaired) electrons. The monoisotopic (exact) mass is 228 g/mol. The Morgan fingerprint density at radius 3 is 3.18 bits per heavy atom. The van der Waals surface area contributed by atoms with Crippen LogP contribution in [0.4, 0.5) is 5.82 Å². The molecule has 1 aromatic carbocycles. The van der Waals surface area contributed by atoms with Crippen LogP contribution in [0.2, 0.25) is 0 Å². The summed E-state index contributed by atoms with van der Waals surface area (Å²) in [6.07, 6.45) is 1.91. The molecule has 0 bridgehead atoms. The molecule has 2 heterocycles. The fourth-order valence-electron chi connectivity index (χ4n) is 2.25. The summed E-state index contributed by atoms with van der Waals surface area (Å²) in [5.74, 6) is 1.08. The van der Waals surface area contributed by atoms with Crippen molar-refractivity contribution in [3.63, 3.8) is 0 Å². The van der Waals surface area contributed by atoms with Gasteiger partial charge in [0.25, 0.3) is 0 Å². The van der Waals surface area contributed by atoms with Crippen LogP contribution < -0.4 is 11.1 Å². The van der Waals surface area contributed by atoms with Crippen LogP contribution in [0.15, 0.2) is 30.5 Å². The molecule has 0 saturated carbocycles. The van der Waals surface area contributed by atoms with E-state index in [4.69, 9.17) is 5.73 Å². The molecule has 0 saturated heterocycles. The van der Waals surface area contributed by atoms with E-state index in [9.17, 15) is 0 Å². The fraction of sp³-hybridized carbons (Fsp3) is 0.308. The summed E-state index contributed by atoms with van der Waals surface area (Å²) in [6.45, 7) is 3.70. The second kappa shape index (κ2) is 3.89. The van der Waals surface area contributed by atoms with Crippen LogP contribution >= 0.6 is 0 Å². The smallest absolute Gasteiger partial charge is 0.132 e. The summed E-state index contributed by atoms with van der Waals surface area (Å²) in [7, 11) is 0. The Balaban J connectivity index is 2.05. The van der Waals surface area contributed by atoms with Gasteiger partial charge in [-0.15, -0.1) is 0 Å². The molecule has 0 aliphatic carbocycles. The molecular formula is C13H16N4. The van der Waals surface area contributed by atoms with E-state index >= 15 is 0 Å². The van der Waals surface area contributed by atoms with Crippen LogP contribution in [0.1, 0.15) is 5.56 Å². The van der Waals surface area contributed by atoms with Gasteiger partial charge in [0.05, 0.1) is 12.7 Å². The summed E-state index contributed by atoms with van der Waals surface area (Å²) < 4.78 is 1.95. The molecule has 0 spiro atoms. The van der Waals surface area contributed by atoms with Crippen LogP contribution in [0.25, 0.3) is 11.1 Å². The van der Waals surface area contributed by atoms with Crippen molar-refractivity contribution in [2.75, 3.05) is 11.9 Å². The third-order valence-electron chi connectivity index (χ3n) is 3.11. The Labute approximate surface area is 100 Å². The number of rotatable bonds is 1. The molecule has 1 aromatic heterocycles. The van der Waals surface area contributed by atoms with Crippen LogP contribution in [0.3, 0.4) is 0 Å². The molecule has 4 heteroatoms. The van der Waals surface area contributed by atoms with Gasteiger partial charge in [0.15, 0.2) is 0 Å². The van der Waals surface area contributed by atoms with E-state index < -0.39 is 0 Å². The molecule has 0 fully saturated rings. The van der Waals surface area contributed by atoms with Gasteiger partial charge in [-0.25, -0.2) is 4.68 Å². The van der Waals surface area contributed by atoms with Gasteiger partial charge in [0.1, 0.15) is 5.82 Å². The third-order valence-corrected chi connectivity index (χ3v) is 3.11. The Kier molecular flexibility index (Phi) is 2.37. The lowest BCUT2D eigenvalue weighted by molar-refractivity contribution is 0.502. The fourth-order valence-corrected chi connectivity index (χ4v) is 2.25. The lowest BCUT2D eigenvalue weighted by Gasteiger charge is -2.22. The number of fused-ring (bicyclic) bond motifs is 1. The molecule has 17 heavy (non-hydrogen) atoms. The average molecular weight is 228 g/mol. The van der Waals surface area contributed by atoms with Crippen LogP contribution in [-0.4, -0.2) is 22.4 Å². The van der Waals surface area contributed by atoms with Gasteiger partial charge in [0, 0.05) is 18.2 Å². The van der Waals surface area contributed by atoms with E-state index in [1.54, 1.807) is 0 Å². The Bertz CT molecular complexity index is 544. The minimum absolute atomic E-state index is 0.146. The van der Waals surface area contributed by atoms with Crippen molar-refractivity contribution in [2.45, 2.75) is 19.5 Å². The molecule has 1 atom stereocenters. The topological polar surface area (TPSA) is 55.9 Å². The highest BCUT2D eigenvalue weighted by Gasteiger charge is 2.19. The predicted octanol–water partition coefficient (Wildman–Crippen LogP) is 1.61. The molecule has 4 nitrogen and oxygen atoms in total. The number of hydrogen-bond donors (Lipinski definition) is 2. The summed E-state index contributed by atoms with van der Waals surface area (Å²) in [5, 5.41) is 7.74. The maximum absolute atomic E-state index is 5.90. The second-order valence-corrected chi connectivity index (χ2v) is 4.60. The van der Waals surface area contributed by atoms with Crippen LogP contribution in [-0.2, 0) is 6.54 Å². The highest BCUT2D eigenvalue weighted by molar-refractivity contribution is 5.75. The van der Waals surface area contributed by atoms with Crippen molar-refractivity contribution in [1.82, 2.24) is 9.78 Å². The Morgan fingerprint density at radius 1 is 1.47 bits per heavy atom. The predicted molar refractivity (Wildman–Crippen MR) is 68.9 cm³/mol. The van der Waals surface area contributed by atoms with Gasteiger partial charge in [-0.3, -0.25) is 0 Å². The molecule has 1 aliphatic rings. The van der Waals surface area contributed by atoms with Crippen molar-refractivity contribution in [3.05, 3.63) is 36.0 Å². The molecule has 1 aliphatic heterocycles. The van der Waals surface area contributed by atoms with Gasteiger partial charge >= 0.3 is 0 Å². The van der Waals surface area contributed by atoms with Crippen LogP contribution in [0, 0.1) is 6.92 Å². The van der Waals surface area contributed by atoms with Crippen molar-refractivity contribution >= 4 is 5.82 Å². The largest absolute Gasteiger partial charge is 0.368 e. The quantitative estimate of drug-likeness (QED) is 0.779. The molecule has 2 aromatic rings. The van der Waals surface area contributed by atoms with E-state index in [1.165, 1.54) is 11.1 Å². The van der Waals surface area contributed by atoms with Gasteiger partial charge < -0.3 is 11.1 Å². The maximum Gasteiger partial charge on any atom is 0.132 e. The lowest BCUT2D eigenvalue weighted by Crippen LogP contribution is -2.38. The minimum Gasteiger partial charge on any atom is -0.368 e. The standard InChI is InChI=1S/C13H16N4/c1-9-3-2-4-10(5-9)12-7-16-17-8-11(14)6-15-13(12)17/h2-5,7,11,15H,6,8,14H2,1H3. The van der Waals surface area contributed by atoms with Gasteiger partial charge in [-0.05, 0) is 12.5 Å². The zero-order chi connectivity index (χ0) is 11.8. The van der Waals surface area contributed by atoms with E-state index in [-0.39, 0.29) is 6.04 Å².